The summed E-state index contributed by atoms with van der Waals surface area (Å²) in [5.41, 5.74) is 1.19. The second kappa shape index (κ2) is 14.2. The number of anilines is 2. The summed E-state index contributed by atoms with van der Waals surface area (Å²) < 4.78 is 41.1. The summed E-state index contributed by atoms with van der Waals surface area (Å²) in [5, 5.41) is 12.5. The quantitative estimate of drug-likeness (QED) is 0.189. The van der Waals surface area contributed by atoms with Crippen LogP contribution in [-0.2, 0) is 11.0 Å². The van der Waals surface area contributed by atoms with Crippen LogP contribution in [0.15, 0.2) is 67.3 Å². The number of imide groups is 1. The lowest BCUT2D eigenvalue weighted by Crippen LogP contribution is -2.49. The molecule has 0 spiro atoms. The zero-order valence-corrected chi connectivity index (χ0v) is 28.9. The van der Waals surface area contributed by atoms with Crippen molar-refractivity contribution < 1.29 is 27.6 Å². The number of carbonyl (C=O) groups is 3. The van der Waals surface area contributed by atoms with E-state index in [1.165, 1.54) is 11.6 Å². The largest absolute Gasteiger partial charge is 0.433 e. The van der Waals surface area contributed by atoms with Crippen LogP contribution in [-0.4, -0.2) is 73.7 Å². The molecule has 6 heterocycles. The Bertz CT molecular complexity index is 2190. The number of hydrogen-bond acceptors (Lipinski definition) is 8. The van der Waals surface area contributed by atoms with Gasteiger partial charge < -0.3 is 10.2 Å². The van der Waals surface area contributed by atoms with Crippen LogP contribution < -0.4 is 15.5 Å². The van der Waals surface area contributed by atoms with Crippen molar-refractivity contribution in [2.75, 3.05) is 36.4 Å². The number of fused-ring (bicyclic) bond motifs is 2. The number of halogens is 3. The molecule has 4 aromatic heterocycles. The summed E-state index contributed by atoms with van der Waals surface area (Å²) >= 11 is 0. The second-order valence-electron chi connectivity index (χ2n) is 14.2. The molecule has 1 saturated carbocycles. The molecule has 2 N–H and O–H groups in total. The first-order chi connectivity index (χ1) is 25.6. The molecule has 53 heavy (non-hydrogen) atoms. The SMILES string of the molecule is O=C1CCN(c2cncc3c(C4CCN(C[C@H]5CC[C@H](n6cc7cc(NC(=O)c8cccc(C(F)(F)F)n8)ncc7n6)CC5)CC4)cccc23)C(=O)N1. The molecule has 2 aliphatic heterocycles. The van der Waals surface area contributed by atoms with Gasteiger partial charge in [0.25, 0.3) is 5.91 Å². The van der Waals surface area contributed by atoms with Crippen molar-refractivity contribution in [2.24, 2.45) is 5.92 Å². The summed E-state index contributed by atoms with van der Waals surface area (Å²) in [7, 11) is 0. The number of amides is 4. The van der Waals surface area contributed by atoms with Gasteiger partial charge in [0.05, 0.1) is 24.1 Å². The number of benzene rings is 1. The van der Waals surface area contributed by atoms with Gasteiger partial charge in [0.15, 0.2) is 0 Å². The van der Waals surface area contributed by atoms with E-state index in [2.05, 4.69) is 42.6 Å². The fourth-order valence-corrected chi connectivity index (χ4v) is 8.05. The van der Waals surface area contributed by atoms with Crippen LogP contribution in [0.4, 0.5) is 29.5 Å². The van der Waals surface area contributed by atoms with E-state index in [1.807, 2.05) is 23.1 Å². The molecule has 1 aromatic carbocycles. The van der Waals surface area contributed by atoms with Gasteiger partial charge in [-0.2, -0.15) is 18.3 Å². The normalized spacial score (nSPS) is 20.5. The molecule has 0 bridgehead atoms. The van der Waals surface area contributed by atoms with Crippen molar-refractivity contribution in [3.8, 4) is 0 Å². The average molecular weight is 726 g/mol. The molecule has 0 radical (unpaired) electrons. The summed E-state index contributed by atoms with van der Waals surface area (Å²) in [6.07, 6.45) is 9.00. The fraction of sp³-hybridized carbons (Fsp3) is 0.395. The van der Waals surface area contributed by atoms with Gasteiger partial charge in [-0.05, 0) is 87.2 Å². The number of likely N-dealkylation sites (tertiary alicyclic amines) is 1. The van der Waals surface area contributed by atoms with Crippen molar-refractivity contribution in [1.82, 2.24) is 34.9 Å². The number of piperidine rings is 1. The summed E-state index contributed by atoms with van der Waals surface area (Å²) in [4.78, 5) is 53.3. The Morgan fingerprint density at radius 2 is 1.72 bits per heavy atom. The van der Waals surface area contributed by atoms with Gasteiger partial charge in [0.1, 0.15) is 22.7 Å². The molecule has 3 fully saturated rings. The van der Waals surface area contributed by atoms with Crippen molar-refractivity contribution >= 4 is 51.0 Å². The van der Waals surface area contributed by atoms with Crippen LogP contribution in [0, 0.1) is 5.92 Å². The first kappa shape index (κ1) is 34.6. The highest BCUT2D eigenvalue weighted by Crippen LogP contribution is 2.38. The number of hydrogen-bond donors (Lipinski definition) is 2. The molecule has 8 rings (SSSR count). The minimum absolute atomic E-state index is 0.209. The van der Waals surface area contributed by atoms with E-state index in [9.17, 15) is 27.6 Å². The Morgan fingerprint density at radius 1 is 0.925 bits per heavy atom. The molecule has 2 saturated heterocycles. The Kier molecular flexibility index (Phi) is 9.27. The second-order valence-corrected chi connectivity index (χ2v) is 14.2. The van der Waals surface area contributed by atoms with Gasteiger partial charge in [0, 0.05) is 48.1 Å². The lowest BCUT2D eigenvalue weighted by atomic mass is 9.84. The predicted octanol–water partition coefficient (Wildman–Crippen LogP) is 6.70. The first-order valence-corrected chi connectivity index (χ1v) is 18.0. The number of carbonyl (C=O) groups excluding carboxylic acids is 3. The molecule has 12 nitrogen and oxygen atoms in total. The lowest BCUT2D eigenvalue weighted by Gasteiger charge is -2.37. The van der Waals surface area contributed by atoms with E-state index in [4.69, 9.17) is 5.10 Å². The van der Waals surface area contributed by atoms with E-state index in [1.54, 1.807) is 23.4 Å². The standard InChI is InChI=1S/C38H38F3N9O3/c39-38(40,41)33-6-2-5-30(44-33)36(52)45-34-17-25-22-50(47-31(25)19-43-34)26-9-7-23(8-10-26)21-48-14-11-24(12-15-48)27-3-1-4-28-29(27)18-42-20-32(28)49-16-13-35(51)46-37(49)53/h1-6,17-20,22-24,26H,7-16,21H2,(H,45,52)(H,46,51,53)/t23-,26-. The number of nitrogens with one attached hydrogen (secondary N) is 2. The molecule has 3 aliphatic rings. The number of rotatable bonds is 7. The topological polar surface area (TPSA) is 138 Å². The molecule has 15 heteroatoms. The van der Waals surface area contributed by atoms with E-state index < -0.39 is 23.8 Å². The molecule has 1 aliphatic carbocycles. The highest BCUT2D eigenvalue weighted by Gasteiger charge is 2.33. The third-order valence-corrected chi connectivity index (χ3v) is 10.8. The molecule has 0 unspecified atom stereocenters. The Labute approximate surface area is 302 Å². The molecular weight excluding hydrogens is 687 g/mol. The summed E-state index contributed by atoms with van der Waals surface area (Å²) in [6, 6.07) is 11.0. The van der Waals surface area contributed by atoms with E-state index in [0.717, 1.165) is 92.1 Å². The average Bonchev–Trinajstić information content (AvgIpc) is 3.58. The molecule has 5 aromatic rings. The van der Waals surface area contributed by atoms with E-state index >= 15 is 0 Å². The van der Waals surface area contributed by atoms with Crippen molar-refractivity contribution in [3.63, 3.8) is 0 Å². The number of alkyl halides is 3. The van der Waals surface area contributed by atoms with E-state index in [0.29, 0.717) is 23.9 Å². The third-order valence-electron chi connectivity index (χ3n) is 10.8. The van der Waals surface area contributed by atoms with Gasteiger partial charge in [0.2, 0.25) is 5.91 Å². The van der Waals surface area contributed by atoms with Gasteiger partial charge >= 0.3 is 12.2 Å². The molecule has 0 atom stereocenters. The van der Waals surface area contributed by atoms with Gasteiger partial charge in [-0.1, -0.05) is 24.3 Å². The van der Waals surface area contributed by atoms with Crippen LogP contribution in [0.25, 0.3) is 21.7 Å². The Balaban J connectivity index is 0.845. The monoisotopic (exact) mass is 725 g/mol. The smallest absolute Gasteiger partial charge is 0.305 e. The van der Waals surface area contributed by atoms with Crippen molar-refractivity contribution in [1.29, 1.82) is 0 Å². The van der Waals surface area contributed by atoms with E-state index in [-0.39, 0.29) is 29.9 Å². The van der Waals surface area contributed by atoms with Crippen LogP contribution in [0.1, 0.15) is 78.7 Å². The van der Waals surface area contributed by atoms with Crippen LogP contribution in [0.3, 0.4) is 0 Å². The Morgan fingerprint density at radius 3 is 2.49 bits per heavy atom. The van der Waals surface area contributed by atoms with Crippen LogP contribution in [0.2, 0.25) is 0 Å². The number of nitrogens with zero attached hydrogens (tertiary/aromatic N) is 7. The third kappa shape index (κ3) is 7.30. The van der Waals surface area contributed by atoms with Gasteiger partial charge in [-0.25, -0.2) is 14.8 Å². The number of urea groups is 1. The Hall–Kier alpha value is -5.44. The zero-order valence-electron chi connectivity index (χ0n) is 28.9. The number of pyridine rings is 3. The number of aromatic nitrogens is 5. The first-order valence-electron chi connectivity index (χ1n) is 18.0. The van der Waals surface area contributed by atoms with Crippen molar-refractivity contribution in [2.45, 2.75) is 63.1 Å². The maximum absolute atomic E-state index is 13.1. The maximum atomic E-state index is 13.1. The van der Waals surface area contributed by atoms with Crippen LogP contribution >= 0.6 is 0 Å². The lowest BCUT2D eigenvalue weighted by molar-refractivity contribution is -0.141. The zero-order chi connectivity index (χ0) is 36.7. The highest BCUT2D eigenvalue weighted by molar-refractivity contribution is 6.10. The molecule has 4 amide bonds. The fourth-order valence-electron chi connectivity index (χ4n) is 8.05. The highest BCUT2D eigenvalue weighted by atomic mass is 19.4. The summed E-state index contributed by atoms with van der Waals surface area (Å²) in [6.45, 7) is 3.44. The van der Waals surface area contributed by atoms with Crippen LogP contribution in [0.5, 0.6) is 0 Å². The molecule has 274 valence electrons. The van der Waals surface area contributed by atoms with Gasteiger partial charge in [-0.3, -0.25) is 29.5 Å². The minimum Gasteiger partial charge on any atom is -0.305 e. The summed E-state index contributed by atoms with van der Waals surface area (Å²) in [5.74, 6) is 0.178. The maximum Gasteiger partial charge on any atom is 0.433 e. The minimum atomic E-state index is -4.65. The molecular formula is C38H38F3N9O3. The van der Waals surface area contributed by atoms with Gasteiger partial charge in [-0.15, -0.1) is 0 Å². The predicted molar refractivity (Wildman–Crippen MR) is 191 cm³/mol. The van der Waals surface area contributed by atoms with Crippen molar-refractivity contribution in [3.05, 3.63) is 84.2 Å².